The van der Waals surface area contributed by atoms with E-state index in [0.29, 0.717) is 18.1 Å². The summed E-state index contributed by atoms with van der Waals surface area (Å²) in [7, 11) is -2.98. The summed E-state index contributed by atoms with van der Waals surface area (Å²) in [5.74, 6) is 0.255. The van der Waals surface area contributed by atoms with Gasteiger partial charge < -0.3 is 0 Å². The third-order valence-corrected chi connectivity index (χ3v) is 5.15. The third kappa shape index (κ3) is 2.36. The van der Waals surface area contributed by atoms with Gasteiger partial charge in [-0.2, -0.15) is 4.31 Å². The number of hydrogen-bond donors (Lipinski definition) is 0. The zero-order valence-corrected chi connectivity index (χ0v) is 10.9. The summed E-state index contributed by atoms with van der Waals surface area (Å²) in [4.78, 5) is 0. The third-order valence-electron chi connectivity index (χ3n) is 2.35. The van der Waals surface area contributed by atoms with Gasteiger partial charge in [0.2, 0.25) is 10.0 Å². The maximum Gasteiger partial charge on any atom is 0.215 e. The quantitative estimate of drug-likeness (QED) is 0.840. The molecule has 15 heavy (non-hydrogen) atoms. The lowest BCUT2D eigenvalue weighted by atomic mass is 10.2. The predicted molar refractivity (Wildman–Crippen MR) is 63.3 cm³/mol. The molecule has 0 unspecified atom stereocenters. The largest absolute Gasteiger partial charge is 0.215 e. The van der Waals surface area contributed by atoms with E-state index in [1.165, 1.54) is 4.31 Å². The fourth-order valence-corrected chi connectivity index (χ4v) is 3.04. The van der Waals surface area contributed by atoms with Crippen molar-refractivity contribution in [3.63, 3.8) is 0 Å². The molecule has 0 saturated carbocycles. The molecule has 1 aromatic rings. The minimum absolute atomic E-state index is 0.255. The topological polar surface area (TPSA) is 37.4 Å². The maximum atomic E-state index is 11.3. The van der Waals surface area contributed by atoms with Gasteiger partial charge in [0.15, 0.2) is 0 Å². The van der Waals surface area contributed by atoms with Crippen LogP contribution in [-0.2, 0) is 16.6 Å². The molecule has 0 bridgehead atoms. The lowest BCUT2D eigenvalue weighted by Gasteiger charge is -2.30. The first-order valence-electron chi connectivity index (χ1n) is 4.41. The molecule has 1 aliphatic rings. The Morgan fingerprint density at radius 3 is 2.73 bits per heavy atom. The van der Waals surface area contributed by atoms with Crippen LogP contribution in [0.5, 0.6) is 0 Å². The summed E-state index contributed by atoms with van der Waals surface area (Å²) in [6.07, 6.45) is 0. The Labute approximate surface area is 102 Å². The minimum atomic E-state index is -2.98. The average Bonchev–Trinajstić information content (AvgIpc) is 2.18. The summed E-state index contributed by atoms with van der Waals surface area (Å²) in [5, 5.41) is 0.617. The number of hydrogen-bond acceptors (Lipinski definition) is 2. The van der Waals surface area contributed by atoms with Gasteiger partial charge in [-0.1, -0.05) is 27.5 Å². The Bertz CT molecular complexity index is 489. The van der Waals surface area contributed by atoms with E-state index in [1.54, 1.807) is 12.1 Å². The van der Waals surface area contributed by atoms with Crippen molar-refractivity contribution in [2.45, 2.75) is 6.54 Å². The van der Waals surface area contributed by atoms with Crippen LogP contribution < -0.4 is 0 Å². The second-order valence-corrected chi connectivity index (χ2v) is 6.76. The molecule has 6 heteroatoms. The summed E-state index contributed by atoms with van der Waals surface area (Å²) >= 11 is 9.21. The van der Waals surface area contributed by atoms with E-state index < -0.39 is 10.0 Å². The molecule has 2 rings (SSSR count). The zero-order valence-electron chi connectivity index (χ0n) is 7.78. The molecule has 1 saturated heterocycles. The van der Waals surface area contributed by atoms with E-state index in [0.717, 1.165) is 10.0 Å². The number of benzene rings is 1. The standard InChI is InChI=1S/C9H9BrClNO2S/c10-9-2-1-8(11)5-7(9)6-12-3-4-15(12,13)14/h1-2,5H,3-4,6H2. The highest BCUT2D eigenvalue weighted by Crippen LogP contribution is 2.25. The zero-order chi connectivity index (χ0) is 11.1. The Kier molecular flexibility index (Phi) is 3.07. The molecule has 0 atom stereocenters. The van der Waals surface area contributed by atoms with E-state index in [9.17, 15) is 8.42 Å². The molecule has 0 N–H and O–H groups in total. The van der Waals surface area contributed by atoms with Gasteiger partial charge in [0.05, 0.1) is 5.75 Å². The monoisotopic (exact) mass is 309 g/mol. The summed E-state index contributed by atoms with van der Waals surface area (Å²) in [6.45, 7) is 0.991. The lowest BCUT2D eigenvalue weighted by molar-refractivity contribution is 0.379. The predicted octanol–water partition coefficient (Wildman–Crippen LogP) is 2.25. The molecular formula is C9H9BrClNO2S. The second kappa shape index (κ2) is 4.05. The molecule has 1 aromatic carbocycles. The van der Waals surface area contributed by atoms with Crippen LogP contribution in [0.1, 0.15) is 5.56 Å². The molecule has 0 aliphatic carbocycles. The maximum absolute atomic E-state index is 11.3. The molecule has 1 fully saturated rings. The molecule has 0 radical (unpaired) electrons. The minimum Gasteiger partial charge on any atom is -0.212 e. The molecule has 3 nitrogen and oxygen atoms in total. The van der Waals surface area contributed by atoms with Crippen molar-refractivity contribution in [2.24, 2.45) is 0 Å². The van der Waals surface area contributed by atoms with Gasteiger partial charge in [-0.25, -0.2) is 8.42 Å². The highest BCUT2D eigenvalue weighted by molar-refractivity contribution is 9.10. The first-order chi connectivity index (χ1) is 6.99. The van der Waals surface area contributed by atoms with E-state index in [2.05, 4.69) is 15.9 Å². The van der Waals surface area contributed by atoms with Crippen LogP contribution in [0.4, 0.5) is 0 Å². The smallest absolute Gasteiger partial charge is 0.212 e. The van der Waals surface area contributed by atoms with E-state index in [4.69, 9.17) is 11.6 Å². The first-order valence-corrected chi connectivity index (χ1v) is 7.19. The van der Waals surface area contributed by atoms with E-state index in [1.807, 2.05) is 6.07 Å². The molecule has 0 spiro atoms. The average molecular weight is 311 g/mol. The van der Waals surface area contributed by atoms with Crippen molar-refractivity contribution >= 4 is 37.6 Å². The van der Waals surface area contributed by atoms with Crippen molar-refractivity contribution in [2.75, 3.05) is 12.3 Å². The van der Waals surface area contributed by atoms with Crippen molar-refractivity contribution in [3.8, 4) is 0 Å². The Morgan fingerprint density at radius 1 is 1.47 bits per heavy atom. The van der Waals surface area contributed by atoms with Gasteiger partial charge in [0.25, 0.3) is 0 Å². The molecular weight excluding hydrogens is 302 g/mol. The lowest BCUT2D eigenvalue weighted by Crippen LogP contribution is -2.46. The van der Waals surface area contributed by atoms with Crippen molar-refractivity contribution in [1.29, 1.82) is 0 Å². The second-order valence-electron chi connectivity index (χ2n) is 3.39. The van der Waals surface area contributed by atoms with Gasteiger partial charge in [-0.15, -0.1) is 0 Å². The van der Waals surface area contributed by atoms with Gasteiger partial charge in [0, 0.05) is 22.6 Å². The van der Waals surface area contributed by atoms with Crippen LogP contribution >= 0.6 is 27.5 Å². The fraction of sp³-hybridized carbons (Fsp3) is 0.333. The Hall–Kier alpha value is -0.100. The normalized spacial score (nSPS) is 19.9. The molecule has 1 aliphatic heterocycles. The Balaban J connectivity index is 2.21. The van der Waals surface area contributed by atoms with Gasteiger partial charge >= 0.3 is 0 Å². The fourth-order valence-electron chi connectivity index (χ4n) is 1.40. The number of halogens is 2. The van der Waals surface area contributed by atoms with Crippen LogP contribution in [0.15, 0.2) is 22.7 Å². The SMILES string of the molecule is O=S1(=O)CCN1Cc1cc(Cl)ccc1Br. The van der Waals surface area contributed by atoms with Crippen LogP contribution in [0.3, 0.4) is 0 Å². The number of nitrogens with zero attached hydrogens (tertiary/aromatic N) is 1. The summed E-state index contributed by atoms with van der Waals surface area (Å²) in [6, 6.07) is 5.36. The first kappa shape index (κ1) is 11.4. The molecule has 1 heterocycles. The van der Waals surface area contributed by atoms with Crippen molar-refractivity contribution in [3.05, 3.63) is 33.3 Å². The number of rotatable bonds is 2. The van der Waals surface area contributed by atoms with Crippen molar-refractivity contribution < 1.29 is 8.42 Å². The molecule has 82 valence electrons. The van der Waals surface area contributed by atoms with Gasteiger partial charge in [-0.3, -0.25) is 0 Å². The van der Waals surface area contributed by atoms with Crippen LogP contribution in [0, 0.1) is 0 Å². The van der Waals surface area contributed by atoms with Crippen LogP contribution in [0.2, 0.25) is 5.02 Å². The van der Waals surface area contributed by atoms with E-state index >= 15 is 0 Å². The van der Waals surface area contributed by atoms with Gasteiger partial charge in [-0.05, 0) is 23.8 Å². The highest BCUT2D eigenvalue weighted by Gasteiger charge is 2.32. The van der Waals surface area contributed by atoms with Crippen LogP contribution in [-0.4, -0.2) is 25.0 Å². The summed E-state index contributed by atoms with van der Waals surface area (Å²) in [5.41, 5.74) is 0.894. The highest BCUT2D eigenvalue weighted by atomic mass is 79.9. The molecule has 0 amide bonds. The number of sulfonamides is 1. The van der Waals surface area contributed by atoms with Crippen LogP contribution in [0.25, 0.3) is 0 Å². The molecule has 0 aromatic heterocycles. The Morgan fingerprint density at radius 2 is 2.20 bits per heavy atom. The van der Waals surface area contributed by atoms with E-state index in [-0.39, 0.29) is 5.75 Å². The van der Waals surface area contributed by atoms with Crippen molar-refractivity contribution in [1.82, 2.24) is 4.31 Å². The van der Waals surface area contributed by atoms with Gasteiger partial charge in [0.1, 0.15) is 0 Å². The summed E-state index contributed by atoms with van der Waals surface area (Å²) < 4.78 is 24.9.